The van der Waals surface area contributed by atoms with Crippen molar-refractivity contribution < 1.29 is 9.18 Å². The largest absolute Gasteiger partial charge is 0.343 e. The van der Waals surface area contributed by atoms with Gasteiger partial charge in [0.05, 0.1) is 5.92 Å². The van der Waals surface area contributed by atoms with Crippen molar-refractivity contribution in [2.24, 2.45) is 5.92 Å². The summed E-state index contributed by atoms with van der Waals surface area (Å²) in [5.41, 5.74) is 1.10. The van der Waals surface area contributed by atoms with Crippen LogP contribution in [0.1, 0.15) is 32.3 Å². The molecule has 3 nitrogen and oxygen atoms in total. The molecule has 0 aromatic heterocycles. The highest BCUT2D eigenvalue weighted by atomic mass is 19.1. The van der Waals surface area contributed by atoms with Gasteiger partial charge in [0.2, 0.25) is 5.91 Å². The molecular formula is C17H25FN2O. The van der Waals surface area contributed by atoms with Crippen LogP contribution in [-0.4, -0.2) is 41.9 Å². The monoisotopic (exact) mass is 292 g/mol. The van der Waals surface area contributed by atoms with Crippen molar-refractivity contribution in [3.05, 3.63) is 35.6 Å². The molecule has 0 spiro atoms. The third-order valence-corrected chi connectivity index (χ3v) is 4.25. The van der Waals surface area contributed by atoms with E-state index in [1.807, 2.05) is 30.9 Å². The summed E-state index contributed by atoms with van der Waals surface area (Å²) >= 11 is 0. The van der Waals surface area contributed by atoms with E-state index in [1.165, 1.54) is 12.1 Å². The van der Waals surface area contributed by atoms with Crippen molar-refractivity contribution in [3.8, 4) is 0 Å². The topological polar surface area (TPSA) is 23.6 Å². The lowest BCUT2D eigenvalue weighted by Crippen LogP contribution is -2.44. The van der Waals surface area contributed by atoms with Gasteiger partial charge < -0.3 is 4.90 Å². The fourth-order valence-corrected chi connectivity index (χ4v) is 3.04. The first-order valence-corrected chi connectivity index (χ1v) is 7.89. The number of piperidine rings is 1. The van der Waals surface area contributed by atoms with E-state index in [2.05, 4.69) is 4.90 Å². The van der Waals surface area contributed by atoms with Crippen molar-refractivity contribution >= 4 is 5.91 Å². The second kappa shape index (κ2) is 7.55. The molecule has 0 unspecified atom stereocenters. The number of carbonyl (C=O) groups is 1. The standard InChI is InChI=1S/C17H25FN2O/c1-3-20(4-2)17(21)15-6-5-11-19(13-15)12-14-7-9-16(18)10-8-14/h7-10,15H,3-6,11-13H2,1-2H3/t15-/m0/s1. The molecule has 2 rings (SSSR count). The van der Waals surface area contributed by atoms with Crippen LogP contribution in [0.25, 0.3) is 0 Å². The maximum Gasteiger partial charge on any atom is 0.226 e. The molecule has 0 bridgehead atoms. The predicted molar refractivity (Wildman–Crippen MR) is 82.3 cm³/mol. The molecule has 1 fully saturated rings. The Morgan fingerprint density at radius 2 is 1.95 bits per heavy atom. The average Bonchev–Trinajstić information content (AvgIpc) is 2.51. The number of amides is 1. The van der Waals surface area contributed by atoms with Crippen LogP contribution in [0.5, 0.6) is 0 Å². The van der Waals surface area contributed by atoms with Gasteiger partial charge in [-0.15, -0.1) is 0 Å². The fraction of sp³-hybridized carbons (Fsp3) is 0.588. The van der Waals surface area contributed by atoms with Crippen LogP contribution in [0.3, 0.4) is 0 Å². The molecule has 1 aromatic rings. The highest BCUT2D eigenvalue weighted by molar-refractivity contribution is 5.79. The van der Waals surface area contributed by atoms with Gasteiger partial charge in [-0.1, -0.05) is 12.1 Å². The zero-order valence-corrected chi connectivity index (χ0v) is 13.0. The summed E-state index contributed by atoms with van der Waals surface area (Å²) in [7, 11) is 0. The van der Waals surface area contributed by atoms with E-state index < -0.39 is 0 Å². The zero-order chi connectivity index (χ0) is 15.2. The molecule has 1 heterocycles. The van der Waals surface area contributed by atoms with Gasteiger partial charge in [0.25, 0.3) is 0 Å². The summed E-state index contributed by atoms with van der Waals surface area (Å²) in [4.78, 5) is 16.7. The van der Waals surface area contributed by atoms with Gasteiger partial charge in [0, 0.05) is 26.2 Å². The first-order chi connectivity index (χ1) is 10.1. The third-order valence-electron chi connectivity index (χ3n) is 4.25. The minimum atomic E-state index is -0.202. The fourth-order valence-electron chi connectivity index (χ4n) is 3.04. The van der Waals surface area contributed by atoms with Gasteiger partial charge in [-0.25, -0.2) is 4.39 Å². The number of benzene rings is 1. The molecule has 0 N–H and O–H groups in total. The zero-order valence-electron chi connectivity index (χ0n) is 13.0. The number of nitrogens with zero attached hydrogens (tertiary/aromatic N) is 2. The molecule has 21 heavy (non-hydrogen) atoms. The maximum absolute atomic E-state index is 12.9. The molecule has 0 saturated carbocycles. The van der Waals surface area contributed by atoms with E-state index in [1.54, 1.807) is 0 Å². The lowest BCUT2D eigenvalue weighted by atomic mass is 9.96. The Kier molecular flexibility index (Phi) is 5.74. The van der Waals surface area contributed by atoms with Crippen LogP contribution in [0.2, 0.25) is 0 Å². The Morgan fingerprint density at radius 3 is 2.57 bits per heavy atom. The van der Waals surface area contributed by atoms with E-state index in [0.29, 0.717) is 0 Å². The van der Waals surface area contributed by atoms with Crippen LogP contribution < -0.4 is 0 Å². The smallest absolute Gasteiger partial charge is 0.226 e. The Hall–Kier alpha value is -1.42. The summed E-state index contributed by atoms with van der Waals surface area (Å²) in [5.74, 6) is 0.190. The molecule has 4 heteroatoms. The molecule has 1 aliphatic rings. The van der Waals surface area contributed by atoms with Crippen LogP contribution in [0, 0.1) is 11.7 Å². The lowest BCUT2D eigenvalue weighted by Gasteiger charge is -2.34. The van der Waals surface area contributed by atoms with Crippen molar-refractivity contribution in [1.82, 2.24) is 9.80 Å². The quantitative estimate of drug-likeness (QED) is 0.833. The van der Waals surface area contributed by atoms with Crippen LogP contribution in [0.15, 0.2) is 24.3 Å². The van der Waals surface area contributed by atoms with Gasteiger partial charge in [0.15, 0.2) is 0 Å². The number of likely N-dealkylation sites (tertiary alicyclic amines) is 1. The van der Waals surface area contributed by atoms with Gasteiger partial charge >= 0.3 is 0 Å². The van der Waals surface area contributed by atoms with E-state index in [4.69, 9.17) is 0 Å². The van der Waals surface area contributed by atoms with Crippen LogP contribution in [-0.2, 0) is 11.3 Å². The van der Waals surface area contributed by atoms with Crippen LogP contribution >= 0.6 is 0 Å². The van der Waals surface area contributed by atoms with Gasteiger partial charge in [0.1, 0.15) is 5.82 Å². The first-order valence-electron chi connectivity index (χ1n) is 7.89. The average molecular weight is 292 g/mol. The normalized spacial score (nSPS) is 19.5. The molecule has 1 aliphatic heterocycles. The summed E-state index contributed by atoms with van der Waals surface area (Å²) in [6, 6.07) is 6.64. The van der Waals surface area contributed by atoms with E-state index >= 15 is 0 Å². The maximum atomic E-state index is 12.9. The molecule has 1 saturated heterocycles. The Labute approximate surface area is 126 Å². The second-order valence-corrected chi connectivity index (χ2v) is 5.71. The highest BCUT2D eigenvalue weighted by Crippen LogP contribution is 2.20. The minimum Gasteiger partial charge on any atom is -0.343 e. The first kappa shape index (κ1) is 16.0. The molecule has 1 aromatic carbocycles. The van der Waals surface area contributed by atoms with Gasteiger partial charge in [-0.05, 0) is 50.9 Å². The SMILES string of the molecule is CCN(CC)C(=O)[C@H]1CCCN(Cc2ccc(F)cc2)C1. The highest BCUT2D eigenvalue weighted by Gasteiger charge is 2.28. The summed E-state index contributed by atoms with van der Waals surface area (Å²) < 4.78 is 12.9. The number of hydrogen-bond acceptors (Lipinski definition) is 2. The Bertz CT molecular complexity index is 456. The number of hydrogen-bond donors (Lipinski definition) is 0. The van der Waals surface area contributed by atoms with Crippen molar-refractivity contribution in [1.29, 1.82) is 0 Å². The summed E-state index contributed by atoms with van der Waals surface area (Å²) in [6.07, 6.45) is 2.04. The lowest BCUT2D eigenvalue weighted by molar-refractivity contribution is -0.137. The van der Waals surface area contributed by atoms with Crippen LogP contribution in [0.4, 0.5) is 4.39 Å². The van der Waals surface area contributed by atoms with E-state index in [-0.39, 0.29) is 17.6 Å². The molecule has 1 atom stereocenters. The van der Waals surface area contributed by atoms with Crippen molar-refractivity contribution in [3.63, 3.8) is 0 Å². The molecular weight excluding hydrogens is 267 g/mol. The molecule has 116 valence electrons. The van der Waals surface area contributed by atoms with Gasteiger partial charge in [-0.3, -0.25) is 9.69 Å². The summed E-state index contributed by atoms with van der Waals surface area (Å²) in [6.45, 7) is 8.24. The van der Waals surface area contributed by atoms with Crippen molar-refractivity contribution in [2.75, 3.05) is 26.2 Å². The minimum absolute atomic E-state index is 0.110. The molecule has 1 amide bonds. The number of rotatable bonds is 5. The van der Waals surface area contributed by atoms with E-state index in [9.17, 15) is 9.18 Å². The summed E-state index contributed by atoms with van der Waals surface area (Å²) in [5, 5.41) is 0. The Morgan fingerprint density at radius 1 is 1.29 bits per heavy atom. The van der Waals surface area contributed by atoms with E-state index in [0.717, 1.165) is 51.1 Å². The van der Waals surface area contributed by atoms with Crippen molar-refractivity contribution in [2.45, 2.75) is 33.2 Å². The molecule has 0 radical (unpaired) electrons. The third kappa shape index (κ3) is 4.27. The molecule has 0 aliphatic carbocycles. The number of carbonyl (C=O) groups excluding carboxylic acids is 1. The number of halogens is 1. The predicted octanol–water partition coefficient (Wildman–Crippen LogP) is 2.91. The van der Waals surface area contributed by atoms with Gasteiger partial charge in [-0.2, -0.15) is 0 Å². The Balaban J connectivity index is 1.94. The second-order valence-electron chi connectivity index (χ2n) is 5.71.